The Kier molecular flexibility index (Phi) is 7.66. The van der Waals surface area contributed by atoms with Crippen molar-refractivity contribution in [3.8, 4) is 0 Å². The second kappa shape index (κ2) is 9.96. The second-order valence-corrected chi connectivity index (χ2v) is 13.4. The van der Waals surface area contributed by atoms with Crippen LogP contribution in [0.3, 0.4) is 0 Å². The highest BCUT2D eigenvalue weighted by Crippen LogP contribution is 2.63. The molecule has 6 atom stereocenters. The number of benzene rings is 1. The fourth-order valence-corrected chi connectivity index (χ4v) is 8.14. The van der Waals surface area contributed by atoms with Gasteiger partial charge in [-0.05, 0) is 87.2 Å². The highest BCUT2D eigenvalue weighted by Gasteiger charge is 2.58. The number of para-hydroxylation sites is 1. The Morgan fingerprint density at radius 1 is 1.00 bits per heavy atom. The van der Waals surface area contributed by atoms with E-state index in [1.165, 1.54) is 18.5 Å². The number of aliphatic hydroxyl groups excluding tert-OH is 1. The van der Waals surface area contributed by atoms with E-state index in [4.69, 9.17) is 0 Å². The molecule has 3 fully saturated rings. The maximum atomic E-state index is 11.5. The standard InChI is InChI=1S/C30H50N2O3/c1-27(2)14-9-15-28(3)24(27)12-16-29(4,34)25(28)13-17-30(5,35)26(33)22-31-18-20-32(21-19-31)23-10-7-6-8-11-23/h6-8,10-11,24-26,33-35H,9,12-22H2,1-5H3/t24-,25-,26-,28+,29-,30-/m1/s1. The lowest BCUT2D eigenvalue weighted by molar-refractivity contribution is -0.176. The number of β-amino-alcohol motifs (C(OH)–C–C–N with tert-alkyl or cyclic N) is 1. The van der Waals surface area contributed by atoms with Crippen molar-refractivity contribution in [3.63, 3.8) is 0 Å². The lowest BCUT2D eigenvalue weighted by Gasteiger charge is -2.61. The summed E-state index contributed by atoms with van der Waals surface area (Å²) in [6.45, 7) is 15.1. The molecule has 1 aromatic carbocycles. The number of anilines is 1. The summed E-state index contributed by atoms with van der Waals surface area (Å²) in [4.78, 5) is 4.66. The van der Waals surface area contributed by atoms with Crippen LogP contribution in [0.4, 0.5) is 5.69 Å². The second-order valence-electron chi connectivity index (χ2n) is 13.4. The first kappa shape index (κ1) is 26.9. The summed E-state index contributed by atoms with van der Waals surface area (Å²) in [5.41, 5.74) is -0.255. The molecule has 3 aliphatic rings. The summed E-state index contributed by atoms with van der Waals surface area (Å²) in [7, 11) is 0. The quantitative estimate of drug-likeness (QED) is 0.522. The Bertz CT molecular complexity index is 831. The van der Waals surface area contributed by atoms with Crippen LogP contribution in [-0.4, -0.2) is 70.2 Å². The molecule has 2 aliphatic carbocycles. The minimum absolute atomic E-state index is 0.0816. The number of fused-ring (bicyclic) bond motifs is 1. The number of nitrogens with zero attached hydrogens (tertiary/aromatic N) is 2. The maximum Gasteiger partial charge on any atom is 0.0950 e. The zero-order valence-electron chi connectivity index (χ0n) is 22.8. The predicted molar refractivity (Wildman–Crippen MR) is 144 cm³/mol. The summed E-state index contributed by atoms with van der Waals surface area (Å²) in [5, 5.41) is 33.9. The normalized spacial score (nSPS) is 36.3. The zero-order valence-corrected chi connectivity index (χ0v) is 22.8. The van der Waals surface area contributed by atoms with Gasteiger partial charge in [-0.3, -0.25) is 4.90 Å². The topological polar surface area (TPSA) is 67.2 Å². The first-order chi connectivity index (χ1) is 16.4. The number of aliphatic hydroxyl groups is 3. The van der Waals surface area contributed by atoms with Gasteiger partial charge in [0.2, 0.25) is 0 Å². The molecule has 0 aromatic heterocycles. The van der Waals surface area contributed by atoms with Gasteiger partial charge in [0, 0.05) is 38.4 Å². The lowest BCUT2D eigenvalue weighted by Crippen LogP contribution is -2.58. The van der Waals surface area contributed by atoms with Crippen molar-refractivity contribution in [2.75, 3.05) is 37.6 Å². The number of hydrogen-bond donors (Lipinski definition) is 3. The largest absolute Gasteiger partial charge is 0.390 e. The van der Waals surface area contributed by atoms with E-state index in [0.717, 1.165) is 51.9 Å². The predicted octanol–water partition coefficient (Wildman–Crippen LogP) is 4.69. The van der Waals surface area contributed by atoms with Crippen molar-refractivity contribution in [3.05, 3.63) is 30.3 Å². The lowest BCUT2D eigenvalue weighted by atomic mass is 9.45. The third kappa shape index (κ3) is 5.58. The van der Waals surface area contributed by atoms with Crippen LogP contribution in [0, 0.1) is 22.7 Å². The molecule has 0 unspecified atom stereocenters. The molecule has 4 rings (SSSR count). The minimum atomic E-state index is -1.17. The van der Waals surface area contributed by atoms with Crippen molar-refractivity contribution in [1.82, 2.24) is 4.90 Å². The van der Waals surface area contributed by atoms with Crippen LogP contribution in [-0.2, 0) is 0 Å². The van der Waals surface area contributed by atoms with E-state index in [2.05, 4.69) is 54.8 Å². The first-order valence-corrected chi connectivity index (χ1v) is 14.0. The van der Waals surface area contributed by atoms with Crippen LogP contribution >= 0.6 is 0 Å². The molecule has 0 spiro atoms. The van der Waals surface area contributed by atoms with E-state index < -0.39 is 17.3 Å². The molecule has 1 heterocycles. The van der Waals surface area contributed by atoms with E-state index in [0.29, 0.717) is 24.3 Å². The molecule has 198 valence electrons. The maximum absolute atomic E-state index is 11.5. The van der Waals surface area contributed by atoms with E-state index in [1.54, 1.807) is 6.92 Å². The van der Waals surface area contributed by atoms with Gasteiger partial charge in [-0.2, -0.15) is 0 Å². The molecular formula is C30H50N2O3. The van der Waals surface area contributed by atoms with E-state index >= 15 is 0 Å². The highest BCUT2D eigenvalue weighted by atomic mass is 16.3. The molecule has 0 amide bonds. The average molecular weight is 487 g/mol. The van der Waals surface area contributed by atoms with Crippen LogP contribution in [0.2, 0.25) is 0 Å². The van der Waals surface area contributed by atoms with Gasteiger partial charge in [0.1, 0.15) is 0 Å². The molecule has 0 bridgehead atoms. The third-order valence-electron chi connectivity index (χ3n) is 10.3. The molecule has 1 aliphatic heterocycles. The zero-order chi connectivity index (χ0) is 25.5. The smallest absolute Gasteiger partial charge is 0.0950 e. The van der Waals surface area contributed by atoms with E-state index in [1.807, 2.05) is 13.0 Å². The molecule has 5 heteroatoms. The van der Waals surface area contributed by atoms with Gasteiger partial charge < -0.3 is 20.2 Å². The Balaban J connectivity index is 1.35. The minimum Gasteiger partial charge on any atom is -0.390 e. The number of rotatable bonds is 7. The summed E-state index contributed by atoms with van der Waals surface area (Å²) in [6, 6.07) is 10.5. The third-order valence-corrected chi connectivity index (χ3v) is 10.3. The van der Waals surface area contributed by atoms with Gasteiger partial charge in [-0.15, -0.1) is 0 Å². The Labute approximate surface area is 213 Å². The number of hydrogen-bond acceptors (Lipinski definition) is 5. The highest BCUT2D eigenvalue weighted by molar-refractivity contribution is 5.46. The van der Waals surface area contributed by atoms with Gasteiger partial charge in [-0.1, -0.05) is 45.4 Å². The van der Waals surface area contributed by atoms with Gasteiger partial charge in [0.05, 0.1) is 17.3 Å². The van der Waals surface area contributed by atoms with Crippen molar-refractivity contribution in [1.29, 1.82) is 0 Å². The molecule has 3 N–H and O–H groups in total. The van der Waals surface area contributed by atoms with Gasteiger partial charge in [0.15, 0.2) is 0 Å². The van der Waals surface area contributed by atoms with Crippen molar-refractivity contribution in [2.24, 2.45) is 22.7 Å². The van der Waals surface area contributed by atoms with Crippen molar-refractivity contribution < 1.29 is 15.3 Å². The molecule has 1 aromatic rings. The summed E-state index contributed by atoms with van der Waals surface area (Å²) >= 11 is 0. The van der Waals surface area contributed by atoms with Crippen LogP contribution in [0.1, 0.15) is 79.6 Å². The molecule has 1 saturated heterocycles. The van der Waals surface area contributed by atoms with E-state index in [-0.39, 0.29) is 11.3 Å². The van der Waals surface area contributed by atoms with Gasteiger partial charge >= 0.3 is 0 Å². The Morgan fingerprint density at radius 2 is 1.66 bits per heavy atom. The Morgan fingerprint density at radius 3 is 2.31 bits per heavy atom. The molecule has 35 heavy (non-hydrogen) atoms. The SMILES string of the molecule is CC1(C)CCC[C@@]2(C)[C@@H]1CC[C@@](C)(O)[C@@H]2CC[C@@](C)(O)[C@H](O)CN1CCN(c2ccccc2)CC1. The monoisotopic (exact) mass is 486 g/mol. The van der Waals surface area contributed by atoms with Crippen molar-refractivity contribution >= 4 is 5.69 Å². The average Bonchev–Trinajstić information content (AvgIpc) is 2.78. The fraction of sp³-hybridized carbons (Fsp3) is 0.800. The Hall–Kier alpha value is -1.14. The molecular weight excluding hydrogens is 436 g/mol. The summed E-state index contributed by atoms with van der Waals surface area (Å²) < 4.78 is 0. The van der Waals surface area contributed by atoms with Crippen molar-refractivity contribution in [2.45, 2.75) is 96.9 Å². The molecule has 2 saturated carbocycles. The van der Waals surface area contributed by atoms with Gasteiger partial charge in [-0.25, -0.2) is 0 Å². The van der Waals surface area contributed by atoms with Crippen LogP contribution < -0.4 is 4.90 Å². The van der Waals surface area contributed by atoms with Crippen LogP contribution in [0.5, 0.6) is 0 Å². The summed E-state index contributed by atoms with van der Waals surface area (Å²) in [5.74, 6) is 0.742. The van der Waals surface area contributed by atoms with Gasteiger partial charge in [0.25, 0.3) is 0 Å². The molecule has 0 radical (unpaired) electrons. The van der Waals surface area contributed by atoms with E-state index in [9.17, 15) is 15.3 Å². The fourth-order valence-electron chi connectivity index (χ4n) is 8.14. The first-order valence-electron chi connectivity index (χ1n) is 14.0. The molecule has 5 nitrogen and oxygen atoms in total. The van der Waals surface area contributed by atoms with Crippen LogP contribution in [0.15, 0.2) is 30.3 Å². The number of piperazine rings is 1. The van der Waals surface area contributed by atoms with Crippen LogP contribution in [0.25, 0.3) is 0 Å². The summed E-state index contributed by atoms with van der Waals surface area (Å²) in [6.07, 6.45) is 6.00.